The summed E-state index contributed by atoms with van der Waals surface area (Å²) in [4.78, 5) is 0. The molecule has 98 valence electrons. The summed E-state index contributed by atoms with van der Waals surface area (Å²) in [6, 6.07) is 0.602. The molecule has 0 atom stereocenters. The molecule has 1 heterocycles. The molecule has 0 aliphatic heterocycles. The first-order chi connectivity index (χ1) is 8.63. The molecule has 18 heavy (non-hydrogen) atoms. The number of nitrogens with zero attached hydrogens (tertiary/aromatic N) is 2. The van der Waals surface area contributed by atoms with Crippen LogP contribution in [-0.2, 0) is 0 Å². The van der Waals surface area contributed by atoms with Gasteiger partial charge in [-0.15, -0.1) is 0 Å². The van der Waals surface area contributed by atoms with Gasteiger partial charge in [0, 0.05) is 5.56 Å². The van der Waals surface area contributed by atoms with Crippen LogP contribution in [0.3, 0.4) is 0 Å². The Labute approximate surface area is 109 Å². The van der Waals surface area contributed by atoms with Crippen molar-refractivity contribution in [2.75, 3.05) is 5.73 Å². The maximum absolute atomic E-state index is 6.28. The molecule has 3 nitrogen and oxygen atoms in total. The largest absolute Gasteiger partial charge is 0.384 e. The first-order valence-electron chi connectivity index (χ1n) is 7.44. The van der Waals surface area contributed by atoms with Gasteiger partial charge in [0.15, 0.2) is 0 Å². The molecule has 1 aromatic heterocycles. The maximum Gasteiger partial charge on any atom is 0.125 e. The van der Waals surface area contributed by atoms with Gasteiger partial charge in [0.05, 0.1) is 11.7 Å². The van der Waals surface area contributed by atoms with Crippen LogP contribution in [0, 0.1) is 37.5 Å². The number of nitrogens with two attached hydrogens (primary N) is 1. The van der Waals surface area contributed by atoms with Crippen LogP contribution in [-0.4, -0.2) is 9.78 Å². The standard InChI is InChI=1S/C15H23N3/c1-8-9(2)17-18(15(8)16)14-12-4-10-3-11(6-12)7-13(14)5-10/h10-14H,3-7,16H2,1-2H3. The van der Waals surface area contributed by atoms with Crippen LogP contribution in [0.1, 0.15) is 49.4 Å². The monoisotopic (exact) mass is 245 g/mol. The molecule has 0 spiro atoms. The van der Waals surface area contributed by atoms with Crippen molar-refractivity contribution in [1.82, 2.24) is 9.78 Å². The summed E-state index contributed by atoms with van der Waals surface area (Å²) in [5, 5.41) is 4.75. The molecule has 0 unspecified atom stereocenters. The van der Waals surface area contributed by atoms with Crippen LogP contribution in [0.25, 0.3) is 0 Å². The van der Waals surface area contributed by atoms with E-state index in [1.807, 2.05) is 0 Å². The van der Waals surface area contributed by atoms with Crippen molar-refractivity contribution in [2.45, 2.75) is 52.0 Å². The highest BCUT2D eigenvalue weighted by Crippen LogP contribution is 2.58. The lowest BCUT2D eigenvalue weighted by Gasteiger charge is -2.54. The van der Waals surface area contributed by atoms with Gasteiger partial charge in [0.25, 0.3) is 0 Å². The fourth-order valence-corrected chi connectivity index (χ4v) is 5.17. The SMILES string of the molecule is Cc1nn(C2C3CC4CC(C3)CC2C4)c(N)c1C. The van der Waals surface area contributed by atoms with Crippen molar-refractivity contribution in [2.24, 2.45) is 23.7 Å². The molecule has 5 rings (SSSR count). The predicted octanol–water partition coefficient (Wildman–Crippen LogP) is 3.08. The van der Waals surface area contributed by atoms with Crippen molar-refractivity contribution in [3.63, 3.8) is 0 Å². The lowest BCUT2D eigenvalue weighted by atomic mass is 9.54. The second kappa shape index (κ2) is 3.52. The van der Waals surface area contributed by atoms with Crippen molar-refractivity contribution in [1.29, 1.82) is 0 Å². The van der Waals surface area contributed by atoms with E-state index in [0.29, 0.717) is 6.04 Å². The number of aromatic nitrogens is 2. The van der Waals surface area contributed by atoms with Gasteiger partial charge >= 0.3 is 0 Å². The highest BCUT2D eigenvalue weighted by atomic mass is 15.3. The van der Waals surface area contributed by atoms with Crippen LogP contribution < -0.4 is 5.73 Å². The van der Waals surface area contributed by atoms with E-state index >= 15 is 0 Å². The number of hydrogen-bond acceptors (Lipinski definition) is 2. The van der Waals surface area contributed by atoms with Gasteiger partial charge < -0.3 is 5.73 Å². The molecule has 0 radical (unpaired) electrons. The zero-order valence-corrected chi connectivity index (χ0v) is 11.4. The van der Waals surface area contributed by atoms with Crippen molar-refractivity contribution < 1.29 is 0 Å². The minimum Gasteiger partial charge on any atom is -0.384 e. The van der Waals surface area contributed by atoms with Gasteiger partial charge in [-0.3, -0.25) is 0 Å². The number of hydrogen-bond donors (Lipinski definition) is 1. The summed E-state index contributed by atoms with van der Waals surface area (Å²) in [7, 11) is 0. The van der Waals surface area contributed by atoms with E-state index in [2.05, 4.69) is 18.5 Å². The summed E-state index contributed by atoms with van der Waals surface area (Å²) < 4.78 is 2.19. The third-order valence-corrected chi connectivity index (χ3v) is 5.89. The minimum atomic E-state index is 0.602. The Morgan fingerprint density at radius 3 is 2.00 bits per heavy atom. The smallest absolute Gasteiger partial charge is 0.125 e. The second-order valence-corrected chi connectivity index (χ2v) is 6.96. The number of aryl methyl sites for hydroxylation is 1. The first-order valence-corrected chi connectivity index (χ1v) is 7.44. The molecule has 2 N–H and O–H groups in total. The summed E-state index contributed by atoms with van der Waals surface area (Å²) in [5.74, 6) is 4.65. The Bertz CT molecular complexity index is 460. The summed E-state index contributed by atoms with van der Waals surface area (Å²) >= 11 is 0. The molecule has 4 saturated carbocycles. The molecular formula is C15H23N3. The molecule has 4 bridgehead atoms. The van der Waals surface area contributed by atoms with Gasteiger partial charge in [-0.25, -0.2) is 4.68 Å². The number of nitrogen functional groups attached to an aromatic ring is 1. The molecular weight excluding hydrogens is 222 g/mol. The fraction of sp³-hybridized carbons (Fsp3) is 0.800. The average Bonchev–Trinajstić information content (AvgIpc) is 2.56. The van der Waals surface area contributed by atoms with E-state index in [9.17, 15) is 0 Å². The van der Waals surface area contributed by atoms with E-state index in [-0.39, 0.29) is 0 Å². The lowest BCUT2D eigenvalue weighted by Crippen LogP contribution is -2.46. The van der Waals surface area contributed by atoms with Crippen LogP contribution in [0.4, 0.5) is 5.82 Å². The van der Waals surface area contributed by atoms with Crippen molar-refractivity contribution in [3.8, 4) is 0 Å². The average molecular weight is 245 g/mol. The van der Waals surface area contributed by atoms with E-state index in [1.165, 1.54) is 37.7 Å². The predicted molar refractivity (Wildman–Crippen MR) is 72.2 cm³/mol. The fourth-order valence-electron chi connectivity index (χ4n) is 5.17. The molecule has 0 amide bonds. The van der Waals surface area contributed by atoms with Gasteiger partial charge in [0.1, 0.15) is 5.82 Å². The molecule has 0 saturated heterocycles. The van der Waals surface area contributed by atoms with Gasteiger partial charge in [0.2, 0.25) is 0 Å². The first kappa shape index (κ1) is 10.9. The highest BCUT2D eigenvalue weighted by molar-refractivity contribution is 5.42. The van der Waals surface area contributed by atoms with E-state index in [4.69, 9.17) is 10.8 Å². The number of rotatable bonds is 1. The lowest BCUT2D eigenvalue weighted by molar-refractivity contribution is -0.0328. The zero-order valence-electron chi connectivity index (χ0n) is 11.4. The molecule has 4 aliphatic carbocycles. The van der Waals surface area contributed by atoms with E-state index in [1.54, 1.807) is 0 Å². The Morgan fingerprint density at radius 2 is 1.56 bits per heavy atom. The second-order valence-electron chi connectivity index (χ2n) is 6.96. The Morgan fingerprint density at radius 1 is 1.00 bits per heavy atom. The quantitative estimate of drug-likeness (QED) is 0.826. The Kier molecular flexibility index (Phi) is 2.13. The van der Waals surface area contributed by atoms with Crippen LogP contribution >= 0.6 is 0 Å². The number of anilines is 1. The third-order valence-electron chi connectivity index (χ3n) is 5.89. The van der Waals surface area contributed by atoms with Crippen LogP contribution in [0.2, 0.25) is 0 Å². The maximum atomic E-state index is 6.28. The van der Waals surface area contributed by atoms with Crippen LogP contribution in [0.15, 0.2) is 0 Å². The highest BCUT2D eigenvalue weighted by Gasteiger charge is 2.49. The minimum absolute atomic E-state index is 0.602. The molecule has 3 heteroatoms. The summed E-state index contributed by atoms with van der Waals surface area (Å²) in [6.45, 7) is 4.18. The molecule has 4 aliphatic rings. The zero-order chi connectivity index (χ0) is 12.4. The summed E-state index contributed by atoms with van der Waals surface area (Å²) in [5.41, 5.74) is 8.58. The third kappa shape index (κ3) is 1.33. The van der Waals surface area contributed by atoms with Crippen LogP contribution in [0.5, 0.6) is 0 Å². The normalized spacial score (nSPS) is 41.6. The van der Waals surface area contributed by atoms with E-state index in [0.717, 1.165) is 35.2 Å². The van der Waals surface area contributed by atoms with Gasteiger partial charge in [-0.2, -0.15) is 5.10 Å². The Balaban J connectivity index is 1.74. The van der Waals surface area contributed by atoms with Gasteiger partial charge in [-0.1, -0.05) is 0 Å². The van der Waals surface area contributed by atoms with Crippen molar-refractivity contribution in [3.05, 3.63) is 11.3 Å². The molecule has 4 fully saturated rings. The van der Waals surface area contributed by atoms with Gasteiger partial charge in [-0.05, 0) is 69.6 Å². The van der Waals surface area contributed by atoms with Crippen molar-refractivity contribution >= 4 is 5.82 Å². The molecule has 0 aromatic carbocycles. The van der Waals surface area contributed by atoms with E-state index < -0.39 is 0 Å². The Hall–Kier alpha value is -0.990. The molecule has 1 aromatic rings. The summed E-state index contributed by atoms with van der Waals surface area (Å²) in [6.07, 6.45) is 7.21. The topological polar surface area (TPSA) is 43.8 Å².